The summed E-state index contributed by atoms with van der Waals surface area (Å²) >= 11 is 0. The van der Waals surface area contributed by atoms with Gasteiger partial charge in [0, 0.05) is 34.6 Å². The number of carbonyl (C=O) groups excluding carboxylic acids is 3. The molecule has 13 aromatic rings. The Morgan fingerprint density at radius 2 is 1.01 bits per heavy atom. The minimum Gasteiger partial charge on any atom is -0.375 e. The first-order chi connectivity index (χ1) is 50.8. The van der Waals surface area contributed by atoms with Crippen LogP contribution in [0.3, 0.4) is 0 Å². The van der Waals surface area contributed by atoms with Gasteiger partial charge in [0.2, 0.25) is 17.6 Å². The maximum absolute atomic E-state index is 14.3. The second kappa shape index (κ2) is 26.6. The number of nitrogens with two attached hydrogens (primary N) is 1. The fourth-order valence-electron chi connectivity index (χ4n) is 12.4. The average molecular weight is 1460 g/mol. The minimum absolute atomic E-state index is 0.0222. The van der Waals surface area contributed by atoms with Crippen molar-refractivity contribution in [2.24, 2.45) is 11.7 Å². The molecule has 1 fully saturated rings. The van der Waals surface area contributed by atoms with E-state index in [1.165, 1.54) is 56.6 Å². The van der Waals surface area contributed by atoms with Gasteiger partial charge in [-0.05, 0) is 67.3 Å². The molecule has 12 heterocycles. The molecule has 26 nitrogen and oxygen atoms in total. The van der Waals surface area contributed by atoms with Crippen LogP contribution in [0.1, 0.15) is 65.4 Å². The van der Waals surface area contributed by atoms with Crippen molar-refractivity contribution in [2.45, 2.75) is 81.1 Å². The van der Waals surface area contributed by atoms with E-state index in [1.807, 2.05) is 35.6 Å². The summed E-state index contributed by atoms with van der Waals surface area (Å²) in [7, 11) is 0. The molecular formula is C70H51F10N21O5. The first-order valence-electron chi connectivity index (χ1n) is 32.3. The highest BCUT2D eigenvalue weighted by atomic mass is 19.4. The Morgan fingerprint density at radius 1 is 0.538 bits per heavy atom. The van der Waals surface area contributed by atoms with E-state index in [-0.39, 0.29) is 96.4 Å². The van der Waals surface area contributed by atoms with Crippen LogP contribution in [-0.4, -0.2) is 126 Å². The van der Waals surface area contributed by atoms with Crippen LogP contribution in [0, 0.1) is 35.0 Å². The third kappa shape index (κ3) is 12.4. The molecule has 36 heteroatoms. The van der Waals surface area contributed by atoms with Gasteiger partial charge in [0.15, 0.2) is 45.5 Å². The van der Waals surface area contributed by atoms with E-state index in [0.717, 1.165) is 30.8 Å². The average Bonchev–Trinajstić information content (AvgIpc) is 1.53. The summed E-state index contributed by atoms with van der Waals surface area (Å²) in [5.74, 6) is -10.9. The molecule has 536 valence electrons. The summed E-state index contributed by atoms with van der Waals surface area (Å²) in [6, 6.07) is 33.8. The molecular weight excluding hydrogens is 1400 g/mol. The third-order valence-corrected chi connectivity index (χ3v) is 18.2. The summed E-state index contributed by atoms with van der Waals surface area (Å²) in [5.41, 5.74) is 1.70. The van der Waals surface area contributed by atoms with Crippen molar-refractivity contribution in [3.05, 3.63) is 220 Å². The fourth-order valence-corrected chi connectivity index (χ4v) is 12.4. The maximum atomic E-state index is 14.3. The molecule has 9 aromatic heterocycles. The number of pyridine rings is 3. The number of aliphatic hydroxyl groups is 1. The lowest BCUT2D eigenvalue weighted by Crippen LogP contribution is -2.63. The van der Waals surface area contributed by atoms with Gasteiger partial charge >= 0.3 is 12.1 Å². The largest absolute Gasteiger partial charge is 0.456 e. The second-order valence-electron chi connectivity index (χ2n) is 25.4. The van der Waals surface area contributed by atoms with Crippen LogP contribution >= 0.6 is 0 Å². The number of fused-ring (bicyclic) bond motifs is 6. The Hall–Kier alpha value is -12.6. The highest BCUT2D eigenvalue weighted by Gasteiger charge is 2.75. The molecule has 0 spiro atoms. The number of halogens is 10. The minimum atomic E-state index is -6.10. The Bertz CT molecular complexity index is 5690. The Kier molecular flexibility index (Phi) is 17.4. The number of ether oxygens (including phenoxy) is 1. The highest BCUT2D eigenvalue weighted by Crippen LogP contribution is 2.52. The van der Waals surface area contributed by atoms with Gasteiger partial charge in [-0.1, -0.05) is 97.8 Å². The molecule has 3 unspecified atom stereocenters. The van der Waals surface area contributed by atoms with Crippen LogP contribution in [0.25, 0.3) is 67.7 Å². The molecule has 4 aliphatic rings. The lowest BCUT2D eigenvalue weighted by molar-refractivity contribution is -0.303. The van der Waals surface area contributed by atoms with Gasteiger partial charge in [0.05, 0.1) is 61.4 Å². The van der Waals surface area contributed by atoms with E-state index in [2.05, 4.69) is 81.2 Å². The van der Waals surface area contributed by atoms with Crippen molar-refractivity contribution < 1.29 is 68.1 Å². The zero-order chi connectivity index (χ0) is 74.2. The number of nitrogens with one attached hydrogen (secondary N) is 3. The number of anilines is 3. The molecule has 17 rings (SSSR count). The molecule has 6 N–H and O–H groups in total. The smallest absolute Gasteiger partial charge is 0.375 e. The molecule has 3 amide bonds. The summed E-state index contributed by atoms with van der Waals surface area (Å²) in [4.78, 5) is 66.8. The van der Waals surface area contributed by atoms with Crippen LogP contribution in [0.5, 0.6) is 0 Å². The molecule has 1 aliphatic carbocycles. The van der Waals surface area contributed by atoms with Crippen LogP contribution in [0.4, 0.5) is 61.4 Å². The highest BCUT2D eigenvalue weighted by molar-refractivity contribution is 6.07. The number of nitrogens with zero attached hydrogens (tertiary/aromatic N) is 17. The zero-order valence-corrected chi connectivity index (χ0v) is 54.7. The number of rotatable bonds is 16. The number of aromatic nitrogens is 17. The Morgan fingerprint density at radius 3 is 1.54 bits per heavy atom. The number of benzene rings is 4. The molecule has 0 bridgehead atoms. The van der Waals surface area contributed by atoms with Crippen molar-refractivity contribution in [2.75, 3.05) is 22.6 Å². The van der Waals surface area contributed by atoms with E-state index in [1.54, 1.807) is 67.6 Å². The van der Waals surface area contributed by atoms with E-state index in [4.69, 9.17) is 10.5 Å². The van der Waals surface area contributed by atoms with Crippen molar-refractivity contribution in [3.63, 3.8) is 0 Å². The number of carbonyl (C=O) groups is 3. The van der Waals surface area contributed by atoms with Crippen molar-refractivity contribution in [3.8, 4) is 34.6 Å². The maximum Gasteiger partial charge on any atom is 0.456 e. The van der Waals surface area contributed by atoms with Crippen molar-refractivity contribution in [1.29, 1.82) is 0 Å². The quantitative estimate of drug-likeness (QED) is 0.0561. The molecule has 1 saturated carbocycles. The van der Waals surface area contributed by atoms with Gasteiger partial charge < -0.3 is 31.5 Å². The van der Waals surface area contributed by atoms with E-state index < -0.39 is 80.9 Å². The van der Waals surface area contributed by atoms with E-state index in [9.17, 15) is 63.4 Å². The van der Waals surface area contributed by atoms with Crippen molar-refractivity contribution >= 4 is 68.3 Å². The SMILES string of the molecule is CC1(COCc2ccccc2)C(=O)Nc2nc(-c3nn(Cc4ccccc4F)c4ncc(F)cc34)nnc21.NC1(C(F)(F)C(F)(F)F)C(=O)Nc2nc(-c3nn(Cc4ccccc4F)c4ncccc34)ncc21.O=C1Nc2nc(-c3nn(Cc4ccccc4F)c4ncc(F)cc34)nnc2C1(O)CC1CC1. The van der Waals surface area contributed by atoms with Gasteiger partial charge in [-0.15, -0.1) is 20.4 Å². The summed E-state index contributed by atoms with van der Waals surface area (Å²) in [5, 5.41) is 49.2. The monoisotopic (exact) mass is 1460 g/mol. The molecule has 4 aromatic carbocycles. The lowest BCUT2D eigenvalue weighted by Gasteiger charge is -2.32. The Balaban J connectivity index is 0.000000128. The van der Waals surface area contributed by atoms with Gasteiger partial charge in [-0.3, -0.25) is 14.4 Å². The molecule has 0 saturated heterocycles. The molecule has 0 radical (unpaired) electrons. The predicted molar refractivity (Wildman–Crippen MR) is 355 cm³/mol. The summed E-state index contributed by atoms with van der Waals surface area (Å²) < 4.78 is 148. The van der Waals surface area contributed by atoms with E-state index >= 15 is 0 Å². The van der Waals surface area contributed by atoms with Gasteiger partial charge in [-0.25, -0.2) is 70.9 Å². The lowest BCUT2D eigenvalue weighted by atomic mass is 9.86. The predicted octanol–water partition coefficient (Wildman–Crippen LogP) is 9.97. The summed E-state index contributed by atoms with van der Waals surface area (Å²) in [6.07, 6.45) is 0.274. The summed E-state index contributed by atoms with van der Waals surface area (Å²) in [6.45, 7) is 2.22. The second-order valence-corrected chi connectivity index (χ2v) is 25.4. The molecule has 3 aliphatic heterocycles. The van der Waals surface area contributed by atoms with Crippen molar-refractivity contribution in [1.82, 2.24) is 84.6 Å². The third-order valence-electron chi connectivity index (χ3n) is 18.2. The van der Waals surface area contributed by atoms with Crippen LogP contribution < -0.4 is 21.7 Å². The first-order valence-corrected chi connectivity index (χ1v) is 32.3. The standard InChI is InChI=1S/C27H21F2N7O2.C22H17F2N7O2.C21H13F6N7O/c1-27(15-38-14-16-7-3-2-4-8-16)22-24(32-26(27)37)31-23(34-33-22)21-19-11-18(28)12-30-25(19)36(35-21)13-17-9-5-6-10-20(17)29;23-13-7-14-16(30-31(20(14)25-9-13)10-12-3-1-2-4-15(12)24)18-26-19-17(28-29-18)22(33,21(32)27-19)8-11-5-6-11;22-13-6-2-1-4-10(13)9-34-17-11(5-3-7-29-17)14(33-34)16-30-8-12-15(31-16)32-18(35)19(12,28)20(23,24)21(25,26)27/h2-12H,13-15H2,1H3,(H,31,32,34,37);1-4,7,9,11,33H,5-6,8,10H2,(H,26,27,29,32);1-8H,9,28H2,(H,30,31,32,35). The molecule has 106 heavy (non-hydrogen) atoms. The number of hydrogen-bond donors (Lipinski definition) is 5. The first kappa shape index (κ1) is 69.2. The number of amides is 3. The fraction of sp³-hybridized carbons (Fsp3) is 0.214. The van der Waals surface area contributed by atoms with Gasteiger partial charge in [0.25, 0.3) is 11.8 Å². The van der Waals surface area contributed by atoms with Gasteiger partial charge in [0.1, 0.15) is 68.8 Å². The van der Waals surface area contributed by atoms with Crippen LogP contribution in [0.15, 0.2) is 152 Å². The number of hydrogen-bond acceptors (Lipinski definition) is 20. The Labute approximate surface area is 589 Å². The normalized spacial score (nSPS) is 18.0. The van der Waals surface area contributed by atoms with Gasteiger partial charge in [-0.2, -0.15) is 37.2 Å². The van der Waals surface area contributed by atoms with Crippen LogP contribution in [-0.2, 0) is 61.9 Å². The number of alkyl halides is 5. The van der Waals surface area contributed by atoms with E-state index in [0.29, 0.717) is 68.3 Å². The zero-order valence-electron chi connectivity index (χ0n) is 54.7. The molecule has 3 atom stereocenters. The topological polar surface area (TPSA) is 338 Å². The van der Waals surface area contributed by atoms with Crippen LogP contribution in [0.2, 0.25) is 0 Å².